The number of esters is 1. The zero-order valence-electron chi connectivity index (χ0n) is 19.7. The molecular formula is C24H22ClF4N5O4. The van der Waals surface area contributed by atoms with E-state index in [-0.39, 0.29) is 50.8 Å². The maximum absolute atomic E-state index is 13.1. The van der Waals surface area contributed by atoms with Gasteiger partial charge < -0.3 is 30.3 Å². The Balaban J connectivity index is 1.66. The molecule has 9 nitrogen and oxygen atoms in total. The van der Waals surface area contributed by atoms with E-state index in [2.05, 4.69) is 15.6 Å². The molecule has 2 aromatic carbocycles. The first-order valence-corrected chi connectivity index (χ1v) is 11.8. The lowest BCUT2D eigenvalue weighted by Crippen LogP contribution is -2.50. The number of carbonyl (C=O) groups is 2. The van der Waals surface area contributed by atoms with Crippen LogP contribution < -0.4 is 20.3 Å². The Bertz CT molecular complexity index is 1330. The summed E-state index contributed by atoms with van der Waals surface area (Å²) in [5.41, 5.74) is 0.872. The number of hydrogen-bond donors (Lipinski definition) is 3. The number of alkyl halides is 3. The molecule has 1 aliphatic rings. The fraction of sp³-hybridized carbons (Fsp3) is 0.292. The van der Waals surface area contributed by atoms with Gasteiger partial charge in [-0.2, -0.15) is 13.2 Å². The molecule has 1 aromatic heterocycles. The topological polar surface area (TPSA) is 107 Å². The average molecular weight is 556 g/mol. The highest BCUT2D eigenvalue weighted by molar-refractivity contribution is 6.31. The standard InChI is InChI=1S/C24H22ClF4N5O4/c25-14-1-6-17-18(13-14)32-21(30-7-12-35)20(38-22(36)24(27,28)29)19(17)33-8-10-34(11-9-33)23(37)31-16-4-2-15(26)3-5-16/h1-6,13,35H,7-12H2,(H,30,32)(H,31,37). The first kappa shape index (κ1) is 27.2. The average Bonchev–Trinajstić information content (AvgIpc) is 2.88. The van der Waals surface area contributed by atoms with Crippen LogP contribution in [0.5, 0.6) is 5.75 Å². The van der Waals surface area contributed by atoms with Crippen molar-refractivity contribution in [1.82, 2.24) is 9.88 Å². The highest BCUT2D eigenvalue weighted by Gasteiger charge is 2.43. The second-order valence-corrected chi connectivity index (χ2v) is 8.68. The summed E-state index contributed by atoms with van der Waals surface area (Å²) in [6, 6.07) is 9.40. The first-order valence-electron chi connectivity index (χ1n) is 11.4. The van der Waals surface area contributed by atoms with Crippen LogP contribution in [0.1, 0.15) is 0 Å². The van der Waals surface area contributed by atoms with Crippen LogP contribution in [-0.4, -0.2) is 72.5 Å². The number of nitrogens with one attached hydrogen (secondary N) is 2. The molecule has 1 saturated heterocycles. The second-order valence-electron chi connectivity index (χ2n) is 8.25. The van der Waals surface area contributed by atoms with Crippen LogP contribution in [0.4, 0.5) is 39.5 Å². The monoisotopic (exact) mass is 555 g/mol. The third-order valence-electron chi connectivity index (χ3n) is 5.69. The minimum atomic E-state index is -5.27. The molecule has 14 heteroatoms. The van der Waals surface area contributed by atoms with Crippen LogP contribution in [0.3, 0.4) is 0 Å². The van der Waals surface area contributed by atoms with Crippen molar-refractivity contribution in [3.8, 4) is 5.75 Å². The molecule has 0 atom stereocenters. The SMILES string of the molecule is O=C(Nc1ccc(F)cc1)N1CCN(c2c(OC(=O)C(F)(F)F)c(NCCO)nc3cc(Cl)ccc23)CC1. The number of amides is 2. The van der Waals surface area contributed by atoms with Gasteiger partial charge in [0, 0.05) is 48.8 Å². The summed E-state index contributed by atoms with van der Waals surface area (Å²) in [7, 11) is 0. The number of benzene rings is 2. The lowest BCUT2D eigenvalue weighted by molar-refractivity contribution is -0.189. The van der Waals surface area contributed by atoms with Crippen LogP contribution in [0.15, 0.2) is 42.5 Å². The predicted octanol–water partition coefficient (Wildman–Crippen LogP) is 4.25. The molecule has 38 heavy (non-hydrogen) atoms. The van der Waals surface area contributed by atoms with Gasteiger partial charge >= 0.3 is 18.2 Å². The van der Waals surface area contributed by atoms with E-state index < -0.39 is 29.7 Å². The molecule has 3 N–H and O–H groups in total. The maximum Gasteiger partial charge on any atom is 0.491 e. The van der Waals surface area contributed by atoms with Crippen LogP contribution in [0.25, 0.3) is 10.9 Å². The van der Waals surface area contributed by atoms with E-state index >= 15 is 0 Å². The number of carbonyl (C=O) groups excluding carboxylic acids is 2. The van der Waals surface area contributed by atoms with Gasteiger partial charge in [0.25, 0.3) is 0 Å². The molecule has 0 radical (unpaired) electrons. The van der Waals surface area contributed by atoms with Crippen LogP contribution >= 0.6 is 11.6 Å². The van der Waals surface area contributed by atoms with Gasteiger partial charge in [-0.25, -0.2) is 19.0 Å². The number of ether oxygens (including phenoxy) is 1. The predicted molar refractivity (Wildman–Crippen MR) is 133 cm³/mol. The zero-order chi connectivity index (χ0) is 27.4. The van der Waals surface area contributed by atoms with Crippen molar-refractivity contribution in [3.63, 3.8) is 0 Å². The van der Waals surface area contributed by atoms with E-state index in [4.69, 9.17) is 16.3 Å². The Morgan fingerprint density at radius 2 is 1.76 bits per heavy atom. The van der Waals surface area contributed by atoms with Crippen molar-refractivity contribution in [2.24, 2.45) is 0 Å². The summed E-state index contributed by atoms with van der Waals surface area (Å²) >= 11 is 6.11. The van der Waals surface area contributed by atoms with Crippen molar-refractivity contribution in [1.29, 1.82) is 0 Å². The molecule has 0 bridgehead atoms. The van der Waals surface area contributed by atoms with E-state index in [1.165, 1.54) is 41.3 Å². The normalized spacial score (nSPS) is 13.9. The van der Waals surface area contributed by atoms with Crippen LogP contribution in [-0.2, 0) is 4.79 Å². The van der Waals surface area contributed by atoms with Gasteiger partial charge in [-0.05, 0) is 42.5 Å². The third kappa shape index (κ3) is 6.17. The first-order chi connectivity index (χ1) is 18.1. The van der Waals surface area contributed by atoms with Crippen molar-refractivity contribution in [2.75, 3.05) is 54.9 Å². The number of anilines is 3. The van der Waals surface area contributed by atoms with E-state index in [1.54, 1.807) is 11.0 Å². The highest BCUT2D eigenvalue weighted by Crippen LogP contribution is 2.42. The molecule has 4 rings (SSSR count). The molecule has 1 aliphatic heterocycles. The number of aromatic nitrogens is 1. The zero-order valence-corrected chi connectivity index (χ0v) is 20.4. The fourth-order valence-electron chi connectivity index (χ4n) is 3.93. The molecular weight excluding hydrogens is 534 g/mol. The quantitative estimate of drug-likeness (QED) is 0.308. The Labute approximate surface area is 218 Å². The summed E-state index contributed by atoms with van der Waals surface area (Å²) in [4.78, 5) is 32.0. The van der Waals surface area contributed by atoms with Gasteiger partial charge in [-0.1, -0.05) is 11.6 Å². The lowest BCUT2D eigenvalue weighted by Gasteiger charge is -2.37. The van der Waals surface area contributed by atoms with Gasteiger partial charge in [0.1, 0.15) is 5.82 Å². The Kier molecular flexibility index (Phi) is 8.07. The summed E-state index contributed by atoms with van der Waals surface area (Å²) in [6.07, 6.45) is -5.27. The highest BCUT2D eigenvalue weighted by atomic mass is 35.5. The molecule has 0 saturated carbocycles. The van der Waals surface area contributed by atoms with E-state index in [0.717, 1.165) is 0 Å². The molecule has 0 aliphatic carbocycles. The molecule has 3 aromatic rings. The number of halogens is 5. The summed E-state index contributed by atoms with van der Waals surface area (Å²) in [5, 5.41) is 15.3. The van der Waals surface area contributed by atoms with Crippen molar-refractivity contribution < 1.29 is 37.0 Å². The van der Waals surface area contributed by atoms with Gasteiger partial charge in [0.05, 0.1) is 17.8 Å². The number of hydrogen-bond acceptors (Lipinski definition) is 7. The number of piperazine rings is 1. The lowest BCUT2D eigenvalue weighted by atomic mass is 10.1. The van der Waals surface area contributed by atoms with Gasteiger partial charge in [0.2, 0.25) is 0 Å². The van der Waals surface area contributed by atoms with Gasteiger partial charge in [-0.15, -0.1) is 0 Å². The smallest absolute Gasteiger partial charge is 0.414 e. The van der Waals surface area contributed by atoms with E-state index in [0.29, 0.717) is 21.6 Å². The largest absolute Gasteiger partial charge is 0.491 e. The van der Waals surface area contributed by atoms with E-state index in [9.17, 15) is 32.3 Å². The number of nitrogens with zero attached hydrogens (tertiary/aromatic N) is 3. The number of aliphatic hydroxyl groups excluding tert-OH is 1. The molecule has 2 amide bonds. The Morgan fingerprint density at radius 3 is 2.39 bits per heavy atom. The molecule has 202 valence electrons. The number of pyridine rings is 1. The van der Waals surface area contributed by atoms with Gasteiger partial charge in [0.15, 0.2) is 11.6 Å². The summed E-state index contributed by atoms with van der Waals surface area (Å²) in [5.74, 6) is -3.52. The van der Waals surface area contributed by atoms with E-state index in [1.807, 2.05) is 0 Å². The molecule has 2 heterocycles. The van der Waals surface area contributed by atoms with Crippen molar-refractivity contribution in [3.05, 3.63) is 53.3 Å². The summed E-state index contributed by atoms with van der Waals surface area (Å²) < 4.78 is 57.4. The molecule has 0 spiro atoms. The Hall–Kier alpha value is -3.84. The Morgan fingerprint density at radius 1 is 1.08 bits per heavy atom. The number of aliphatic hydroxyl groups is 1. The fourth-order valence-corrected chi connectivity index (χ4v) is 4.09. The minimum Gasteiger partial charge on any atom is -0.414 e. The second kappa shape index (κ2) is 11.3. The minimum absolute atomic E-state index is 0.0770. The van der Waals surface area contributed by atoms with Crippen LogP contribution in [0, 0.1) is 5.82 Å². The summed E-state index contributed by atoms with van der Waals surface area (Å²) in [6.45, 7) is 0.266. The maximum atomic E-state index is 13.1. The number of rotatable bonds is 6. The van der Waals surface area contributed by atoms with Crippen LogP contribution in [0.2, 0.25) is 5.02 Å². The van der Waals surface area contributed by atoms with Crippen molar-refractivity contribution in [2.45, 2.75) is 6.18 Å². The third-order valence-corrected chi connectivity index (χ3v) is 5.92. The molecule has 0 unspecified atom stereocenters. The number of urea groups is 1. The van der Waals surface area contributed by atoms with Crippen molar-refractivity contribution >= 4 is 51.7 Å². The molecule has 1 fully saturated rings. The van der Waals surface area contributed by atoms with Gasteiger partial charge in [-0.3, -0.25) is 0 Å². The number of fused-ring (bicyclic) bond motifs is 1.